The van der Waals surface area contributed by atoms with Crippen LogP contribution in [0.4, 0.5) is 0 Å². The van der Waals surface area contributed by atoms with Gasteiger partial charge in [0.15, 0.2) is 0 Å². The first-order valence-corrected chi connectivity index (χ1v) is 8.62. The molecule has 2 rings (SSSR count). The fourth-order valence-electron chi connectivity index (χ4n) is 2.72. The fraction of sp³-hybridized carbons (Fsp3) is 0.750. The van der Waals surface area contributed by atoms with Crippen LogP contribution in [0.25, 0.3) is 0 Å². The van der Waals surface area contributed by atoms with E-state index in [4.69, 9.17) is 4.74 Å². The van der Waals surface area contributed by atoms with Gasteiger partial charge in [0.1, 0.15) is 4.88 Å². The van der Waals surface area contributed by atoms with Gasteiger partial charge in [-0.15, -0.1) is 36.2 Å². The van der Waals surface area contributed by atoms with Crippen molar-refractivity contribution >= 4 is 42.1 Å². The zero-order valence-electron chi connectivity index (χ0n) is 14.8. The molecule has 1 aliphatic heterocycles. The van der Waals surface area contributed by atoms with Gasteiger partial charge in [-0.05, 0) is 25.9 Å². The molecule has 1 saturated heterocycles. The molecule has 0 spiro atoms. The monoisotopic (exact) mass is 397 g/mol. The number of nitrogens with one attached hydrogen (secondary N) is 2. The van der Waals surface area contributed by atoms with E-state index in [1.807, 2.05) is 0 Å². The largest absolute Gasteiger partial charge is 0.384 e. The predicted molar refractivity (Wildman–Crippen MR) is 104 cm³/mol. The van der Waals surface area contributed by atoms with E-state index in [-0.39, 0.29) is 41.6 Å². The van der Waals surface area contributed by atoms with Crippen molar-refractivity contribution in [2.45, 2.75) is 39.0 Å². The van der Waals surface area contributed by atoms with Gasteiger partial charge in [-0.1, -0.05) is 20.8 Å². The minimum absolute atomic E-state index is 0. The Kier molecular flexibility index (Phi) is 9.76. The summed E-state index contributed by atoms with van der Waals surface area (Å²) < 4.78 is 5.38. The highest BCUT2D eigenvalue weighted by molar-refractivity contribution is 7.13. The Bertz CT molecular complexity index is 506. The van der Waals surface area contributed by atoms with Crippen LogP contribution < -0.4 is 10.6 Å². The summed E-state index contributed by atoms with van der Waals surface area (Å²) in [6, 6.07) is 0. The third-order valence-electron chi connectivity index (χ3n) is 4.11. The van der Waals surface area contributed by atoms with Gasteiger partial charge in [0.2, 0.25) is 0 Å². The second kappa shape index (κ2) is 9.92. The van der Waals surface area contributed by atoms with E-state index >= 15 is 0 Å². The molecule has 5 nitrogen and oxygen atoms in total. The molecule has 0 bridgehead atoms. The van der Waals surface area contributed by atoms with Gasteiger partial charge < -0.3 is 15.4 Å². The van der Waals surface area contributed by atoms with E-state index in [2.05, 4.69) is 36.4 Å². The van der Waals surface area contributed by atoms with Gasteiger partial charge in [0.25, 0.3) is 5.91 Å². The molecular weight excluding hydrogens is 369 g/mol. The summed E-state index contributed by atoms with van der Waals surface area (Å²) in [7, 11) is 1.73. The average molecular weight is 398 g/mol. The van der Waals surface area contributed by atoms with E-state index < -0.39 is 0 Å². The van der Waals surface area contributed by atoms with Gasteiger partial charge in [-0.2, -0.15) is 0 Å². The second-order valence-electron chi connectivity index (χ2n) is 7.15. The Balaban J connectivity index is 0.00000264. The highest BCUT2D eigenvalue weighted by atomic mass is 35.5. The molecule has 0 saturated carbocycles. The van der Waals surface area contributed by atoms with E-state index in [0.717, 1.165) is 30.9 Å². The highest BCUT2D eigenvalue weighted by Gasteiger charge is 2.32. The quantitative estimate of drug-likeness (QED) is 0.801. The molecule has 0 radical (unpaired) electrons. The first kappa shape index (κ1) is 23.6. The molecule has 1 aliphatic rings. The fourth-order valence-corrected chi connectivity index (χ4v) is 3.61. The van der Waals surface area contributed by atoms with E-state index in [1.54, 1.807) is 13.3 Å². The summed E-state index contributed by atoms with van der Waals surface area (Å²) in [6.45, 7) is 9.62. The molecule has 0 unspecified atom stereocenters. The first-order valence-electron chi connectivity index (χ1n) is 7.80. The van der Waals surface area contributed by atoms with E-state index in [0.29, 0.717) is 18.0 Å². The van der Waals surface area contributed by atoms with Crippen molar-refractivity contribution < 1.29 is 9.53 Å². The van der Waals surface area contributed by atoms with Crippen molar-refractivity contribution in [3.8, 4) is 0 Å². The minimum atomic E-state index is -0.0259. The average Bonchev–Trinajstić information content (AvgIpc) is 2.96. The Morgan fingerprint density at radius 2 is 2.00 bits per heavy atom. The number of thiazole rings is 1. The Hall–Kier alpha value is -0.400. The molecule has 2 N–H and O–H groups in total. The SMILES string of the molecule is COCC1(CNC(=O)c2cnc(C(C)(C)C)s2)CCNCC1.Cl.Cl. The topological polar surface area (TPSA) is 63.2 Å². The number of amides is 1. The molecule has 140 valence electrons. The maximum atomic E-state index is 12.4. The number of rotatable bonds is 5. The molecule has 8 heteroatoms. The van der Waals surface area contributed by atoms with Crippen molar-refractivity contribution in [3.63, 3.8) is 0 Å². The predicted octanol–water partition coefficient (Wildman–Crippen LogP) is 3.03. The van der Waals surface area contributed by atoms with Crippen LogP contribution in [0.3, 0.4) is 0 Å². The Labute approximate surface area is 161 Å². The van der Waals surface area contributed by atoms with Gasteiger partial charge in [0, 0.05) is 24.5 Å². The van der Waals surface area contributed by atoms with Crippen molar-refractivity contribution in [1.82, 2.24) is 15.6 Å². The number of nitrogens with zero attached hydrogens (tertiary/aromatic N) is 1. The maximum absolute atomic E-state index is 12.4. The van der Waals surface area contributed by atoms with Crippen molar-refractivity contribution in [1.29, 1.82) is 0 Å². The smallest absolute Gasteiger partial charge is 0.263 e. The van der Waals surface area contributed by atoms with Crippen LogP contribution in [0.5, 0.6) is 0 Å². The summed E-state index contributed by atoms with van der Waals surface area (Å²) in [5, 5.41) is 7.44. The number of carbonyl (C=O) groups excluding carboxylic acids is 1. The van der Waals surface area contributed by atoms with Crippen molar-refractivity contribution in [2.24, 2.45) is 5.41 Å². The lowest BCUT2D eigenvalue weighted by atomic mass is 9.79. The zero-order chi connectivity index (χ0) is 16.2. The van der Waals surface area contributed by atoms with Crippen LogP contribution >= 0.6 is 36.2 Å². The Morgan fingerprint density at radius 1 is 1.38 bits per heavy atom. The van der Waals surface area contributed by atoms with Crippen LogP contribution in [0.15, 0.2) is 6.20 Å². The van der Waals surface area contributed by atoms with Crippen molar-refractivity contribution in [3.05, 3.63) is 16.1 Å². The number of carbonyl (C=O) groups is 1. The van der Waals surface area contributed by atoms with E-state index in [1.165, 1.54) is 11.3 Å². The number of halogens is 2. The lowest BCUT2D eigenvalue weighted by molar-refractivity contribution is 0.0512. The molecule has 1 fully saturated rings. The van der Waals surface area contributed by atoms with Crippen LogP contribution in [0.2, 0.25) is 0 Å². The van der Waals surface area contributed by atoms with Crippen LogP contribution in [0, 0.1) is 5.41 Å². The lowest BCUT2D eigenvalue weighted by Gasteiger charge is -2.37. The zero-order valence-corrected chi connectivity index (χ0v) is 17.3. The highest BCUT2D eigenvalue weighted by Crippen LogP contribution is 2.29. The van der Waals surface area contributed by atoms with Gasteiger partial charge in [0.05, 0.1) is 17.8 Å². The number of hydrogen-bond donors (Lipinski definition) is 2. The molecule has 24 heavy (non-hydrogen) atoms. The van der Waals surface area contributed by atoms with Crippen LogP contribution in [-0.4, -0.2) is 44.2 Å². The molecule has 1 aromatic heterocycles. The molecule has 1 amide bonds. The molecule has 0 aliphatic carbocycles. The second-order valence-corrected chi connectivity index (χ2v) is 8.18. The summed E-state index contributed by atoms with van der Waals surface area (Å²) in [4.78, 5) is 17.4. The summed E-state index contributed by atoms with van der Waals surface area (Å²) in [5.74, 6) is -0.0259. The summed E-state index contributed by atoms with van der Waals surface area (Å²) >= 11 is 1.48. The molecule has 0 atom stereocenters. The Morgan fingerprint density at radius 3 is 2.50 bits per heavy atom. The third-order valence-corrected chi connectivity index (χ3v) is 5.53. The summed E-state index contributed by atoms with van der Waals surface area (Å²) in [5.41, 5.74) is 0.0305. The lowest BCUT2D eigenvalue weighted by Crippen LogP contribution is -2.47. The third kappa shape index (κ3) is 6.15. The van der Waals surface area contributed by atoms with Crippen LogP contribution in [0.1, 0.15) is 48.3 Å². The van der Waals surface area contributed by atoms with Crippen LogP contribution in [-0.2, 0) is 10.2 Å². The van der Waals surface area contributed by atoms with Gasteiger partial charge in [-0.25, -0.2) is 4.98 Å². The van der Waals surface area contributed by atoms with E-state index in [9.17, 15) is 4.79 Å². The molecule has 2 heterocycles. The number of piperidine rings is 1. The number of methoxy groups -OCH3 is 1. The molecule has 0 aromatic carbocycles. The minimum Gasteiger partial charge on any atom is -0.384 e. The standard InChI is InChI=1S/C16H27N3O2S.2ClH/c1-15(2,3)14-18-9-12(22-14)13(20)19-10-16(11-21-4)5-7-17-8-6-16;;/h9,17H,5-8,10-11H2,1-4H3,(H,19,20);2*1H. The molecule has 1 aromatic rings. The molecular formula is C16H29Cl2N3O2S. The number of aromatic nitrogens is 1. The first-order chi connectivity index (χ1) is 10.4. The number of hydrogen-bond acceptors (Lipinski definition) is 5. The normalized spacial score (nSPS) is 16.7. The maximum Gasteiger partial charge on any atom is 0.263 e. The van der Waals surface area contributed by atoms with Gasteiger partial charge in [-0.3, -0.25) is 4.79 Å². The van der Waals surface area contributed by atoms with Crippen molar-refractivity contribution in [2.75, 3.05) is 33.4 Å². The van der Waals surface area contributed by atoms with Gasteiger partial charge >= 0.3 is 0 Å². The number of ether oxygens (including phenoxy) is 1. The summed E-state index contributed by atoms with van der Waals surface area (Å²) in [6.07, 6.45) is 3.74.